The van der Waals surface area contributed by atoms with Gasteiger partial charge in [-0.05, 0) is 51.0 Å². The fraction of sp³-hybridized carbons (Fsp3) is 0.571. The smallest absolute Gasteiger partial charge is 0.213 e. The van der Waals surface area contributed by atoms with E-state index >= 15 is 0 Å². The first-order valence-electron chi connectivity index (χ1n) is 9.60. The lowest BCUT2D eigenvalue weighted by Gasteiger charge is -2.17. The number of fused-ring (bicyclic) bond motifs is 1. The topological polar surface area (TPSA) is 37.4 Å². The van der Waals surface area contributed by atoms with Crippen LogP contribution in [0.1, 0.15) is 45.1 Å². The highest BCUT2D eigenvalue weighted by atomic mass is 35.5. The number of hydrogen-bond donors (Lipinski definition) is 1. The second kappa shape index (κ2) is 13.9. The number of ether oxygens (including phenoxy) is 1. The Morgan fingerprint density at radius 3 is 2.41 bits per heavy atom. The molecule has 0 amide bonds. The van der Waals surface area contributed by atoms with Crippen molar-refractivity contribution in [3.05, 3.63) is 29.8 Å². The minimum Gasteiger partial charge on any atom is -0.481 e. The molecule has 0 aliphatic rings. The van der Waals surface area contributed by atoms with Gasteiger partial charge < -0.3 is 15.0 Å². The molecule has 0 saturated heterocycles. The summed E-state index contributed by atoms with van der Waals surface area (Å²) in [5, 5.41) is 4.74. The summed E-state index contributed by atoms with van der Waals surface area (Å²) in [6, 6.07) is 8.31. The summed E-state index contributed by atoms with van der Waals surface area (Å²) in [7, 11) is 1.67. The molecule has 0 atom stereocenters. The number of aromatic nitrogens is 1. The van der Waals surface area contributed by atoms with Crippen LogP contribution in [0, 0.1) is 6.92 Å². The summed E-state index contributed by atoms with van der Waals surface area (Å²) in [5.41, 5.74) is 3.30. The zero-order valence-corrected chi connectivity index (χ0v) is 18.7. The molecule has 0 bridgehead atoms. The average molecular weight is 416 g/mol. The number of nitrogens with zero attached hydrogens (tertiary/aromatic N) is 2. The van der Waals surface area contributed by atoms with Crippen molar-refractivity contribution in [1.82, 2.24) is 9.88 Å². The van der Waals surface area contributed by atoms with Crippen LogP contribution in [-0.4, -0.2) is 43.2 Å². The third-order valence-electron chi connectivity index (χ3n) is 4.84. The summed E-state index contributed by atoms with van der Waals surface area (Å²) < 4.78 is 5.32. The molecule has 1 aromatic carbocycles. The monoisotopic (exact) mass is 415 g/mol. The number of rotatable bonds is 11. The zero-order valence-electron chi connectivity index (χ0n) is 17.1. The Balaban J connectivity index is 0.00000338. The van der Waals surface area contributed by atoms with E-state index < -0.39 is 0 Å². The predicted octanol–water partition coefficient (Wildman–Crippen LogP) is 5.71. The van der Waals surface area contributed by atoms with E-state index in [1.54, 1.807) is 7.11 Å². The third kappa shape index (κ3) is 7.73. The molecule has 1 aromatic heterocycles. The SMILES string of the molecule is CCN(CC)CCCCCCNc1cccc2c(C)cc(OC)nc12.Cl.Cl. The first-order valence-corrected chi connectivity index (χ1v) is 9.60. The third-order valence-corrected chi connectivity index (χ3v) is 4.84. The number of methoxy groups -OCH3 is 1. The molecule has 0 spiro atoms. The second-order valence-corrected chi connectivity index (χ2v) is 6.55. The summed E-state index contributed by atoms with van der Waals surface area (Å²) >= 11 is 0. The minimum absolute atomic E-state index is 0. The normalized spacial score (nSPS) is 10.4. The van der Waals surface area contributed by atoms with Crippen LogP contribution in [-0.2, 0) is 0 Å². The van der Waals surface area contributed by atoms with E-state index in [-0.39, 0.29) is 24.8 Å². The van der Waals surface area contributed by atoms with E-state index in [1.165, 1.54) is 43.2 Å². The van der Waals surface area contributed by atoms with Crippen molar-refractivity contribution < 1.29 is 4.74 Å². The maximum absolute atomic E-state index is 5.32. The number of para-hydroxylation sites is 1. The lowest BCUT2D eigenvalue weighted by atomic mass is 10.1. The number of halogens is 2. The highest BCUT2D eigenvalue weighted by Crippen LogP contribution is 2.27. The van der Waals surface area contributed by atoms with Gasteiger partial charge in [0.15, 0.2) is 0 Å². The number of unbranched alkanes of at least 4 members (excludes halogenated alkanes) is 3. The summed E-state index contributed by atoms with van der Waals surface area (Å²) in [6.45, 7) is 11.1. The average Bonchev–Trinajstić information content (AvgIpc) is 2.64. The second-order valence-electron chi connectivity index (χ2n) is 6.55. The summed E-state index contributed by atoms with van der Waals surface area (Å²) in [4.78, 5) is 7.13. The van der Waals surface area contributed by atoms with E-state index in [4.69, 9.17) is 4.74 Å². The molecule has 0 aliphatic heterocycles. The molecule has 2 aromatic rings. The molecule has 0 fully saturated rings. The van der Waals surface area contributed by atoms with E-state index in [9.17, 15) is 0 Å². The maximum atomic E-state index is 5.32. The van der Waals surface area contributed by atoms with Gasteiger partial charge in [-0.3, -0.25) is 0 Å². The highest BCUT2D eigenvalue weighted by molar-refractivity contribution is 5.93. The number of pyridine rings is 1. The van der Waals surface area contributed by atoms with Gasteiger partial charge in [-0.15, -0.1) is 24.8 Å². The van der Waals surface area contributed by atoms with Crippen molar-refractivity contribution in [3.63, 3.8) is 0 Å². The lowest BCUT2D eigenvalue weighted by molar-refractivity contribution is 0.295. The predicted molar refractivity (Wildman–Crippen MR) is 122 cm³/mol. The summed E-state index contributed by atoms with van der Waals surface area (Å²) in [5.74, 6) is 0.677. The molecule has 1 N–H and O–H groups in total. The molecule has 0 aliphatic carbocycles. The number of aryl methyl sites for hydroxylation is 1. The van der Waals surface area contributed by atoms with E-state index in [2.05, 4.69) is 54.2 Å². The van der Waals surface area contributed by atoms with Gasteiger partial charge in [-0.2, -0.15) is 0 Å². The summed E-state index contributed by atoms with van der Waals surface area (Å²) in [6.07, 6.45) is 5.07. The van der Waals surface area contributed by atoms with E-state index in [1.807, 2.05) is 6.07 Å². The molecular formula is C21H35Cl2N3O. The van der Waals surface area contributed by atoms with Crippen LogP contribution in [0.2, 0.25) is 0 Å². The van der Waals surface area contributed by atoms with Gasteiger partial charge >= 0.3 is 0 Å². The fourth-order valence-electron chi connectivity index (χ4n) is 3.21. The van der Waals surface area contributed by atoms with Gasteiger partial charge in [0.25, 0.3) is 0 Å². The van der Waals surface area contributed by atoms with Crippen molar-refractivity contribution >= 4 is 41.4 Å². The van der Waals surface area contributed by atoms with Gasteiger partial charge in [0.2, 0.25) is 5.88 Å². The van der Waals surface area contributed by atoms with Crippen LogP contribution in [0.15, 0.2) is 24.3 Å². The van der Waals surface area contributed by atoms with E-state index in [0.717, 1.165) is 30.8 Å². The van der Waals surface area contributed by atoms with Crippen LogP contribution in [0.3, 0.4) is 0 Å². The van der Waals surface area contributed by atoms with Crippen molar-refractivity contribution in [1.29, 1.82) is 0 Å². The molecule has 0 saturated carbocycles. The van der Waals surface area contributed by atoms with Gasteiger partial charge in [0.1, 0.15) is 0 Å². The first-order chi connectivity index (χ1) is 12.2. The van der Waals surface area contributed by atoms with Gasteiger partial charge in [-0.1, -0.05) is 38.8 Å². The van der Waals surface area contributed by atoms with Crippen molar-refractivity contribution in [2.24, 2.45) is 0 Å². The van der Waals surface area contributed by atoms with Gasteiger partial charge in [0, 0.05) is 18.0 Å². The Morgan fingerprint density at radius 2 is 1.74 bits per heavy atom. The molecular weight excluding hydrogens is 381 g/mol. The Hall–Kier alpha value is -1.23. The highest BCUT2D eigenvalue weighted by Gasteiger charge is 2.07. The van der Waals surface area contributed by atoms with Crippen LogP contribution >= 0.6 is 24.8 Å². The van der Waals surface area contributed by atoms with Crippen LogP contribution in [0.5, 0.6) is 5.88 Å². The number of benzene rings is 1. The Labute approximate surface area is 176 Å². The number of nitrogens with one attached hydrogen (secondary N) is 1. The first kappa shape index (κ1) is 25.8. The molecule has 2 rings (SSSR count). The lowest BCUT2D eigenvalue weighted by Crippen LogP contribution is -2.23. The van der Waals surface area contributed by atoms with Crippen LogP contribution in [0.25, 0.3) is 10.9 Å². The number of hydrogen-bond acceptors (Lipinski definition) is 4. The molecule has 154 valence electrons. The van der Waals surface area contributed by atoms with Crippen molar-refractivity contribution in [2.45, 2.75) is 46.5 Å². The minimum atomic E-state index is 0. The number of anilines is 1. The molecule has 1 heterocycles. The molecule has 0 radical (unpaired) electrons. The fourth-order valence-corrected chi connectivity index (χ4v) is 3.21. The Morgan fingerprint density at radius 1 is 1.04 bits per heavy atom. The largest absolute Gasteiger partial charge is 0.481 e. The van der Waals surface area contributed by atoms with Crippen LogP contribution < -0.4 is 10.1 Å². The van der Waals surface area contributed by atoms with Gasteiger partial charge in [-0.25, -0.2) is 4.98 Å². The Bertz CT molecular complexity index is 663. The Kier molecular flexibility index (Phi) is 13.2. The molecule has 27 heavy (non-hydrogen) atoms. The molecule has 4 nitrogen and oxygen atoms in total. The van der Waals surface area contributed by atoms with Crippen LogP contribution in [0.4, 0.5) is 5.69 Å². The zero-order chi connectivity index (χ0) is 18.1. The maximum Gasteiger partial charge on any atom is 0.213 e. The quantitative estimate of drug-likeness (QED) is 0.476. The van der Waals surface area contributed by atoms with Crippen molar-refractivity contribution in [2.75, 3.05) is 38.6 Å². The van der Waals surface area contributed by atoms with Crippen molar-refractivity contribution in [3.8, 4) is 5.88 Å². The van der Waals surface area contributed by atoms with E-state index in [0.29, 0.717) is 5.88 Å². The molecule has 0 unspecified atom stereocenters. The van der Waals surface area contributed by atoms with Gasteiger partial charge in [0.05, 0.1) is 18.3 Å². The standard InChI is InChI=1S/C21H33N3O.2ClH/c1-5-24(6-2)15-10-8-7-9-14-22-19-13-11-12-18-17(3)16-20(25-4)23-21(18)19;;/h11-13,16,22H,5-10,14-15H2,1-4H3;2*1H. The molecule has 6 heteroatoms.